The number of halogens is 1. The summed E-state index contributed by atoms with van der Waals surface area (Å²) in [5, 5.41) is 22.9. The lowest BCUT2D eigenvalue weighted by Crippen LogP contribution is -2.57. The van der Waals surface area contributed by atoms with Gasteiger partial charge in [-0.15, -0.1) is 0 Å². The van der Waals surface area contributed by atoms with Gasteiger partial charge in [0.1, 0.15) is 6.04 Å². The van der Waals surface area contributed by atoms with Crippen LogP contribution in [0.2, 0.25) is 5.02 Å². The van der Waals surface area contributed by atoms with E-state index in [9.17, 15) is 24.6 Å². The first kappa shape index (κ1) is 13.0. The molecule has 0 bridgehead atoms. The van der Waals surface area contributed by atoms with E-state index in [1.54, 1.807) is 5.32 Å². The predicted octanol–water partition coefficient (Wildman–Crippen LogP) is -2.06. The van der Waals surface area contributed by atoms with Gasteiger partial charge in [-0.3, -0.25) is 4.79 Å². The van der Waals surface area contributed by atoms with Crippen LogP contribution in [0.4, 0.5) is 0 Å². The van der Waals surface area contributed by atoms with Gasteiger partial charge in [0.25, 0.3) is 5.91 Å². The number of aliphatic carboxylic acids is 2. The van der Waals surface area contributed by atoms with Gasteiger partial charge in [-0.25, -0.2) is 0 Å². The molecule has 17 heavy (non-hydrogen) atoms. The van der Waals surface area contributed by atoms with Gasteiger partial charge >= 0.3 is 0 Å². The van der Waals surface area contributed by atoms with Gasteiger partial charge < -0.3 is 25.1 Å². The van der Waals surface area contributed by atoms with E-state index in [1.165, 1.54) is 24.3 Å². The van der Waals surface area contributed by atoms with E-state index in [2.05, 4.69) is 0 Å². The number of carbonyl (C=O) groups excluding carboxylic acids is 3. The van der Waals surface area contributed by atoms with Crippen LogP contribution in [-0.4, -0.2) is 23.9 Å². The molecule has 0 spiro atoms. The minimum absolute atomic E-state index is 0.0712. The SMILES string of the molecule is O=C(NC(C(=O)[O-])C(=O)[O-])c1ccc(Cl)cc1. The van der Waals surface area contributed by atoms with Crippen molar-refractivity contribution in [2.45, 2.75) is 6.04 Å². The molecule has 0 aliphatic heterocycles. The molecule has 0 heterocycles. The summed E-state index contributed by atoms with van der Waals surface area (Å²) in [5.74, 6) is -4.78. The van der Waals surface area contributed by atoms with E-state index in [0.717, 1.165) is 0 Å². The molecule has 0 aliphatic carbocycles. The summed E-state index contributed by atoms with van der Waals surface area (Å²) in [4.78, 5) is 32.2. The lowest BCUT2D eigenvalue weighted by molar-refractivity contribution is -0.326. The molecule has 90 valence electrons. The standard InChI is InChI=1S/C10H8ClNO5/c11-6-3-1-5(2-4-6)8(13)12-7(9(14)15)10(16)17/h1-4,7H,(H,12,13)(H,14,15)(H,16,17)/p-2. The summed E-state index contributed by atoms with van der Waals surface area (Å²) in [6, 6.07) is 3.25. The average molecular weight is 256 g/mol. The van der Waals surface area contributed by atoms with E-state index < -0.39 is 23.9 Å². The van der Waals surface area contributed by atoms with Crippen LogP contribution in [0, 0.1) is 0 Å². The summed E-state index contributed by atoms with van der Waals surface area (Å²) in [6.45, 7) is 0. The molecule has 7 heteroatoms. The minimum atomic E-state index is -2.20. The Kier molecular flexibility index (Phi) is 4.06. The summed E-state index contributed by atoms with van der Waals surface area (Å²) in [6.07, 6.45) is 0. The van der Waals surface area contributed by atoms with Crippen LogP contribution in [0.25, 0.3) is 0 Å². The molecule has 1 aromatic carbocycles. The maximum Gasteiger partial charge on any atom is 0.252 e. The molecular formula is C10H6ClNO5-2. The molecule has 0 aromatic heterocycles. The monoisotopic (exact) mass is 255 g/mol. The van der Waals surface area contributed by atoms with Crippen molar-refractivity contribution < 1.29 is 24.6 Å². The number of carbonyl (C=O) groups is 3. The Morgan fingerprint density at radius 1 is 1.06 bits per heavy atom. The van der Waals surface area contributed by atoms with Crippen molar-refractivity contribution >= 4 is 29.4 Å². The van der Waals surface area contributed by atoms with Crippen LogP contribution < -0.4 is 15.5 Å². The van der Waals surface area contributed by atoms with Crippen LogP contribution in [0.1, 0.15) is 10.4 Å². The Morgan fingerprint density at radius 3 is 1.94 bits per heavy atom. The van der Waals surface area contributed by atoms with E-state index in [0.29, 0.717) is 5.02 Å². The molecule has 1 rings (SSSR count). The summed E-state index contributed by atoms with van der Waals surface area (Å²) < 4.78 is 0. The van der Waals surface area contributed by atoms with Crippen LogP contribution in [0.15, 0.2) is 24.3 Å². The molecule has 0 saturated heterocycles. The molecule has 0 saturated carbocycles. The van der Waals surface area contributed by atoms with E-state index >= 15 is 0 Å². The Labute approximate surface area is 101 Å². The molecule has 0 fully saturated rings. The van der Waals surface area contributed by atoms with Crippen molar-refractivity contribution in [3.63, 3.8) is 0 Å². The first-order valence-corrected chi connectivity index (χ1v) is 4.77. The van der Waals surface area contributed by atoms with Gasteiger partial charge in [-0.2, -0.15) is 0 Å². The smallest absolute Gasteiger partial charge is 0.252 e. The van der Waals surface area contributed by atoms with Gasteiger partial charge in [-0.1, -0.05) is 11.6 Å². The largest absolute Gasteiger partial charge is 0.547 e. The first-order chi connectivity index (χ1) is 7.91. The fourth-order valence-corrected chi connectivity index (χ4v) is 1.16. The Bertz CT molecular complexity index is 442. The highest BCUT2D eigenvalue weighted by Crippen LogP contribution is 2.09. The maximum absolute atomic E-state index is 11.4. The zero-order valence-electron chi connectivity index (χ0n) is 8.31. The van der Waals surface area contributed by atoms with Gasteiger partial charge in [-0.05, 0) is 24.3 Å². The molecular weight excluding hydrogens is 250 g/mol. The lowest BCUT2D eigenvalue weighted by Gasteiger charge is -2.20. The second-order valence-corrected chi connectivity index (χ2v) is 3.49. The summed E-state index contributed by atoms with van der Waals surface area (Å²) >= 11 is 5.58. The van der Waals surface area contributed by atoms with Crippen molar-refractivity contribution in [3.05, 3.63) is 34.9 Å². The third kappa shape index (κ3) is 3.46. The first-order valence-electron chi connectivity index (χ1n) is 4.40. The Hall–Kier alpha value is -2.08. The fraction of sp³-hybridized carbons (Fsp3) is 0.100. The number of hydrogen-bond acceptors (Lipinski definition) is 5. The van der Waals surface area contributed by atoms with Crippen LogP contribution in [-0.2, 0) is 9.59 Å². The molecule has 0 aliphatic rings. The highest BCUT2D eigenvalue weighted by Gasteiger charge is 2.15. The zero-order chi connectivity index (χ0) is 13.0. The number of amides is 1. The Morgan fingerprint density at radius 2 is 1.53 bits per heavy atom. The van der Waals surface area contributed by atoms with E-state index in [-0.39, 0.29) is 5.56 Å². The highest BCUT2D eigenvalue weighted by molar-refractivity contribution is 6.30. The maximum atomic E-state index is 11.4. The van der Waals surface area contributed by atoms with Gasteiger partial charge in [0, 0.05) is 10.6 Å². The van der Waals surface area contributed by atoms with E-state index in [1.807, 2.05) is 0 Å². The number of carboxylic acids is 2. The van der Waals surface area contributed by atoms with Crippen molar-refractivity contribution in [1.29, 1.82) is 0 Å². The second-order valence-electron chi connectivity index (χ2n) is 3.05. The molecule has 1 N–H and O–H groups in total. The van der Waals surface area contributed by atoms with Crippen LogP contribution >= 0.6 is 11.6 Å². The van der Waals surface area contributed by atoms with Crippen molar-refractivity contribution in [3.8, 4) is 0 Å². The Balaban J connectivity index is 2.81. The number of benzene rings is 1. The second kappa shape index (κ2) is 5.31. The zero-order valence-corrected chi connectivity index (χ0v) is 9.06. The fourth-order valence-electron chi connectivity index (χ4n) is 1.03. The summed E-state index contributed by atoms with van der Waals surface area (Å²) in [5.41, 5.74) is 0.0712. The van der Waals surface area contributed by atoms with E-state index in [4.69, 9.17) is 11.6 Å². The van der Waals surface area contributed by atoms with Crippen LogP contribution in [0.5, 0.6) is 0 Å². The molecule has 0 atom stereocenters. The van der Waals surface area contributed by atoms with Crippen molar-refractivity contribution in [2.24, 2.45) is 0 Å². The molecule has 0 unspecified atom stereocenters. The molecule has 6 nitrogen and oxygen atoms in total. The summed E-state index contributed by atoms with van der Waals surface area (Å²) in [7, 11) is 0. The number of rotatable bonds is 4. The van der Waals surface area contributed by atoms with Gasteiger partial charge in [0.2, 0.25) is 0 Å². The van der Waals surface area contributed by atoms with Crippen molar-refractivity contribution in [1.82, 2.24) is 5.32 Å². The minimum Gasteiger partial charge on any atom is -0.547 e. The number of hydrogen-bond donors (Lipinski definition) is 1. The van der Waals surface area contributed by atoms with Crippen molar-refractivity contribution in [2.75, 3.05) is 0 Å². The number of carboxylic acid groups (broad SMARTS) is 2. The normalized spacial score (nSPS) is 10.0. The van der Waals surface area contributed by atoms with Gasteiger partial charge in [0.05, 0.1) is 11.9 Å². The topological polar surface area (TPSA) is 109 Å². The highest BCUT2D eigenvalue weighted by atomic mass is 35.5. The molecule has 0 radical (unpaired) electrons. The quantitative estimate of drug-likeness (QED) is 0.622. The third-order valence-electron chi connectivity index (χ3n) is 1.85. The predicted molar refractivity (Wildman–Crippen MR) is 52.7 cm³/mol. The molecule has 1 amide bonds. The third-order valence-corrected chi connectivity index (χ3v) is 2.11. The number of nitrogens with one attached hydrogen (secondary N) is 1. The van der Waals surface area contributed by atoms with Gasteiger partial charge in [0.15, 0.2) is 0 Å². The lowest BCUT2D eigenvalue weighted by atomic mass is 10.2. The average Bonchev–Trinajstić information content (AvgIpc) is 2.25. The molecule has 1 aromatic rings. The van der Waals surface area contributed by atoms with Crippen LogP contribution in [0.3, 0.4) is 0 Å².